The average Bonchev–Trinajstić information content (AvgIpc) is 3.03. The van der Waals surface area contributed by atoms with Crippen LogP contribution in [0.15, 0.2) is 84.9 Å². The van der Waals surface area contributed by atoms with Gasteiger partial charge in [-0.2, -0.15) is 0 Å². The average molecular weight is 621 g/mol. The summed E-state index contributed by atoms with van der Waals surface area (Å²) in [6, 6.07) is 29.3. The van der Waals surface area contributed by atoms with Gasteiger partial charge in [-0.25, -0.2) is 0 Å². The zero-order valence-electron chi connectivity index (χ0n) is 28.2. The van der Waals surface area contributed by atoms with Crippen LogP contribution in [0.25, 0.3) is 0 Å². The third-order valence-electron chi connectivity index (χ3n) is 9.29. The van der Waals surface area contributed by atoms with E-state index >= 15 is 0 Å². The molecule has 3 rings (SSSR count). The largest absolute Gasteiger partial charge is 0.497 e. The molecule has 0 unspecified atom stereocenters. The van der Waals surface area contributed by atoms with Crippen LogP contribution in [-0.2, 0) is 15.8 Å². The van der Waals surface area contributed by atoms with Crippen LogP contribution in [0.4, 0.5) is 0 Å². The summed E-state index contributed by atoms with van der Waals surface area (Å²) in [6.45, 7) is 16.7. The van der Waals surface area contributed by atoms with Gasteiger partial charge in [0.05, 0.1) is 32.5 Å². The molecule has 0 aliphatic carbocycles. The van der Waals surface area contributed by atoms with Crippen molar-refractivity contribution in [3.05, 3.63) is 90.5 Å². The Labute approximate surface area is 267 Å². The van der Waals surface area contributed by atoms with Crippen molar-refractivity contribution in [2.45, 2.75) is 85.2 Å². The van der Waals surface area contributed by atoms with Crippen molar-refractivity contribution >= 4 is 18.7 Å². The minimum atomic E-state index is -2.63. The SMILES string of the molecule is CC[C@H](CO[Si](c1ccccc1)(c1ccccc1)C(C)(C)C)C[C@H](C)[C@H](O)[C@@H](C)[C@@H](O)[C@@H](C)COCc1ccc(OC)cc1. The summed E-state index contributed by atoms with van der Waals surface area (Å²) in [6.07, 6.45) is 0.490. The van der Waals surface area contributed by atoms with E-state index in [4.69, 9.17) is 13.9 Å². The maximum atomic E-state index is 11.4. The highest BCUT2D eigenvalue weighted by Gasteiger charge is 2.50. The van der Waals surface area contributed by atoms with E-state index < -0.39 is 20.5 Å². The van der Waals surface area contributed by atoms with Gasteiger partial charge in [-0.15, -0.1) is 0 Å². The highest BCUT2D eigenvalue weighted by atomic mass is 28.4. The summed E-state index contributed by atoms with van der Waals surface area (Å²) in [5.74, 6) is 0.732. The van der Waals surface area contributed by atoms with Crippen LogP contribution < -0.4 is 15.1 Å². The molecule has 0 aliphatic rings. The molecule has 0 fully saturated rings. The molecule has 0 radical (unpaired) electrons. The molecule has 0 saturated carbocycles. The Balaban J connectivity index is 1.63. The van der Waals surface area contributed by atoms with E-state index in [1.165, 1.54) is 10.4 Å². The van der Waals surface area contributed by atoms with Crippen LogP contribution in [-0.4, -0.2) is 51.1 Å². The second kappa shape index (κ2) is 16.7. The van der Waals surface area contributed by atoms with Gasteiger partial charge in [0.1, 0.15) is 5.75 Å². The monoisotopic (exact) mass is 620 g/mol. The number of hydrogen-bond acceptors (Lipinski definition) is 5. The predicted molar refractivity (Wildman–Crippen MR) is 184 cm³/mol. The number of aliphatic hydroxyl groups excluding tert-OH is 2. The summed E-state index contributed by atoms with van der Waals surface area (Å²) in [7, 11) is -0.975. The number of methoxy groups -OCH3 is 1. The first kappa shape index (κ1) is 36.0. The lowest BCUT2D eigenvalue weighted by atomic mass is 9.81. The molecule has 5 nitrogen and oxygen atoms in total. The lowest BCUT2D eigenvalue weighted by Gasteiger charge is -2.44. The summed E-state index contributed by atoms with van der Waals surface area (Å²) < 4.78 is 18.4. The van der Waals surface area contributed by atoms with E-state index in [0.717, 1.165) is 24.2 Å². The molecule has 242 valence electrons. The third kappa shape index (κ3) is 9.04. The molecule has 0 aliphatic heterocycles. The maximum absolute atomic E-state index is 11.4. The number of rotatable bonds is 17. The van der Waals surface area contributed by atoms with E-state index in [9.17, 15) is 10.2 Å². The van der Waals surface area contributed by atoms with Crippen molar-refractivity contribution in [2.75, 3.05) is 20.3 Å². The van der Waals surface area contributed by atoms with Crippen molar-refractivity contribution in [1.82, 2.24) is 0 Å². The molecule has 0 spiro atoms. The summed E-state index contributed by atoms with van der Waals surface area (Å²) in [5, 5.41) is 25.0. The minimum absolute atomic E-state index is 0.0137. The van der Waals surface area contributed by atoms with E-state index in [2.05, 4.69) is 95.3 Å². The molecule has 0 heterocycles. The van der Waals surface area contributed by atoms with E-state index in [1.54, 1.807) is 7.11 Å². The Hall–Kier alpha value is -2.48. The molecule has 44 heavy (non-hydrogen) atoms. The van der Waals surface area contributed by atoms with Crippen LogP contribution in [0.1, 0.15) is 66.9 Å². The standard InChI is InChI=1S/C38H56O5Si/c1-9-31(27-43-44(38(5,6)7,34-16-12-10-13-17-34)35-18-14-11-15-19-35)24-28(2)36(39)30(4)37(40)29(3)25-42-26-32-20-22-33(41-8)23-21-32/h10-23,28-31,36-37,39-40H,9,24-27H2,1-8H3/t28-,29-,30+,31-,36-,37-/m0/s1. The van der Waals surface area contributed by atoms with Crippen molar-refractivity contribution in [3.8, 4) is 5.75 Å². The van der Waals surface area contributed by atoms with Crippen molar-refractivity contribution in [2.24, 2.45) is 23.7 Å². The number of aliphatic hydroxyl groups is 2. The highest BCUT2D eigenvalue weighted by Crippen LogP contribution is 2.38. The fourth-order valence-electron chi connectivity index (χ4n) is 6.44. The zero-order valence-corrected chi connectivity index (χ0v) is 29.2. The molecule has 2 N–H and O–H groups in total. The van der Waals surface area contributed by atoms with Crippen molar-refractivity contribution < 1.29 is 24.1 Å². The molecule has 3 aromatic carbocycles. The van der Waals surface area contributed by atoms with E-state index in [1.807, 2.05) is 38.1 Å². The van der Waals surface area contributed by atoms with Gasteiger partial charge >= 0.3 is 0 Å². The quantitative estimate of drug-likeness (QED) is 0.162. The Morgan fingerprint density at radius 3 is 1.73 bits per heavy atom. The normalized spacial score (nSPS) is 16.5. The number of hydrogen-bond donors (Lipinski definition) is 2. The Kier molecular flexibility index (Phi) is 13.7. The molecule has 0 amide bonds. The maximum Gasteiger partial charge on any atom is 0.261 e. The number of benzene rings is 3. The molecule has 6 heteroatoms. The molecule has 0 bridgehead atoms. The van der Waals surface area contributed by atoms with Crippen LogP contribution >= 0.6 is 0 Å². The molecular formula is C38H56O5Si. The lowest BCUT2D eigenvalue weighted by molar-refractivity contribution is -0.0526. The van der Waals surface area contributed by atoms with Crippen molar-refractivity contribution in [3.63, 3.8) is 0 Å². The minimum Gasteiger partial charge on any atom is -0.497 e. The van der Waals surface area contributed by atoms with Crippen molar-refractivity contribution in [1.29, 1.82) is 0 Å². The van der Waals surface area contributed by atoms with Gasteiger partial charge in [0.25, 0.3) is 8.32 Å². The third-order valence-corrected chi connectivity index (χ3v) is 14.3. The second-order valence-electron chi connectivity index (χ2n) is 13.6. The van der Waals surface area contributed by atoms with Gasteiger partial charge in [-0.3, -0.25) is 0 Å². The first-order valence-corrected chi connectivity index (χ1v) is 18.2. The first-order valence-electron chi connectivity index (χ1n) is 16.3. The van der Waals surface area contributed by atoms with Crippen LogP contribution in [0.2, 0.25) is 5.04 Å². The lowest BCUT2D eigenvalue weighted by Crippen LogP contribution is -2.66. The van der Waals surface area contributed by atoms with Crippen LogP contribution in [0, 0.1) is 23.7 Å². The topological polar surface area (TPSA) is 68.2 Å². The molecule has 0 saturated heterocycles. The van der Waals surface area contributed by atoms with Crippen LogP contribution in [0.5, 0.6) is 5.75 Å². The fourth-order valence-corrected chi connectivity index (χ4v) is 11.1. The zero-order chi connectivity index (χ0) is 32.3. The van der Waals surface area contributed by atoms with Gasteiger partial charge in [-0.1, -0.05) is 128 Å². The fraction of sp³-hybridized carbons (Fsp3) is 0.526. The Morgan fingerprint density at radius 2 is 1.25 bits per heavy atom. The Morgan fingerprint density at radius 1 is 0.727 bits per heavy atom. The van der Waals surface area contributed by atoms with Gasteiger partial charge in [0, 0.05) is 18.4 Å². The van der Waals surface area contributed by atoms with E-state index in [0.29, 0.717) is 19.8 Å². The van der Waals surface area contributed by atoms with Gasteiger partial charge in [-0.05, 0) is 51.4 Å². The van der Waals surface area contributed by atoms with Crippen LogP contribution in [0.3, 0.4) is 0 Å². The smallest absolute Gasteiger partial charge is 0.261 e. The predicted octanol–water partition coefficient (Wildman–Crippen LogP) is 6.83. The molecule has 3 aromatic rings. The summed E-state index contributed by atoms with van der Waals surface area (Å²) in [4.78, 5) is 0. The van der Waals surface area contributed by atoms with E-state index in [-0.39, 0.29) is 28.7 Å². The first-order chi connectivity index (χ1) is 20.9. The molecule has 6 atom stereocenters. The second-order valence-corrected chi connectivity index (χ2v) is 17.9. The Bertz CT molecular complexity index is 1170. The summed E-state index contributed by atoms with van der Waals surface area (Å²) >= 11 is 0. The summed E-state index contributed by atoms with van der Waals surface area (Å²) in [5.41, 5.74) is 1.06. The molecular weight excluding hydrogens is 564 g/mol. The van der Waals surface area contributed by atoms with Gasteiger partial charge in [0.15, 0.2) is 0 Å². The highest BCUT2D eigenvalue weighted by molar-refractivity contribution is 6.99. The van der Waals surface area contributed by atoms with Gasteiger partial charge in [0.2, 0.25) is 0 Å². The molecule has 0 aromatic heterocycles. The van der Waals surface area contributed by atoms with Gasteiger partial charge < -0.3 is 24.1 Å². The number of ether oxygens (including phenoxy) is 2.